The Labute approximate surface area is 85.6 Å². The third-order valence-electron chi connectivity index (χ3n) is 2.90. The molecule has 0 aromatic heterocycles. The SMILES string of the molecule is CCCC[B-](CCCC)CCCC. The van der Waals surface area contributed by atoms with Gasteiger partial charge in [-0.1, -0.05) is 59.3 Å². The van der Waals surface area contributed by atoms with Crippen LogP contribution in [0.3, 0.4) is 0 Å². The lowest BCUT2D eigenvalue weighted by Gasteiger charge is -2.25. The van der Waals surface area contributed by atoms with Gasteiger partial charge >= 0.3 is 0 Å². The summed E-state index contributed by atoms with van der Waals surface area (Å²) < 4.78 is 0. The summed E-state index contributed by atoms with van der Waals surface area (Å²) in [6.45, 7) is 7.95. The predicted molar refractivity (Wildman–Crippen MR) is 64.9 cm³/mol. The van der Waals surface area contributed by atoms with Crippen molar-refractivity contribution in [2.45, 2.75) is 78.3 Å². The largest absolute Gasteiger partial charge is 0.208 e. The summed E-state index contributed by atoms with van der Waals surface area (Å²) in [5.74, 6) is 0. The maximum atomic E-state index is 2.30. The van der Waals surface area contributed by atoms with Gasteiger partial charge in [-0.2, -0.15) is 0 Å². The first kappa shape index (κ1) is 13.1. The second-order valence-corrected chi connectivity index (χ2v) is 4.29. The Balaban J connectivity index is 3.47. The first-order chi connectivity index (χ1) is 6.35. The van der Waals surface area contributed by atoms with E-state index in [2.05, 4.69) is 20.8 Å². The van der Waals surface area contributed by atoms with Crippen molar-refractivity contribution in [3.05, 3.63) is 0 Å². The summed E-state index contributed by atoms with van der Waals surface area (Å²) in [5.41, 5.74) is 0. The average molecular weight is 182 g/mol. The van der Waals surface area contributed by atoms with Gasteiger partial charge in [0, 0.05) is 0 Å². The van der Waals surface area contributed by atoms with Crippen LogP contribution in [-0.2, 0) is 0 Å². The predicted octanol–water partition coefficient (Wildman–Crippen LogP) is 4.88. The monoisotopic (exact) mass is 182 g/mol. The second kappa shape index (κ2) is 10.1. The molecule has 0 saturated carbocycles. The third-order valence-corrected chi connectivity index (χ3v) is 2.90. The molecule has 0 aliphatic carbocycles. The zero-order chi connectivity index (χ0) is 9.94. The third kappa shape index (κ3) is 8.40. The Bertz CT molecular complexity index is 72.1. The summed E-state index contributed by atoms with van der Waals surface area (Å²) in [6.07, 6.45) is 12.9. The molecular formula is C12H27B-. The quantitative estimate of drug-likeness (QED) is 0.445. The van der Waals surface area contributed by atoms with Crippen LogP contribution in [0.15, 0.2) is 0 Å². The lowest BCUT2D eigenvalue weighted by molar-refractivity contribution is 0.812. The van der Waals surface area contributed by atoms with Crippen LogP contribution in [0.4, 0.5) is 0 Å². The van der Waals surface area contributed by atoms with Crippen molar-refractivity contribution in [3.8, 4) is 0 Å². The molecule has 0 N–H and O–H groups in total. The lowest BCUT2D eigenvalue weighted by atomic mass is 9.41. The van der Waals surface area contributed by atoms with Gasteiger partial charge in [0.2, 0.25) is 0 Å². The van der Waals surface area contributed by atoms with E-state index >= 15 is 0 Å². The smallest absolute Gasteiger partial charge is 0.0593 e. The van der Waals surface area contributed by atoms with Crippen molar-refractivity contribution < 1.29 is 0 Å². The van der Waals surface area contributed by atoms with Gasteiger partial charge < -0.3 is 0 Å². The van der Waals surface area contributed by atoms with Crippen molar-refractivity contribution in [1.82, 2.24) is 0 Å². The fourth-order valence-electron chi connectivity index (χ4n) is 1.91. The van der Waals surface area contributed by atoms with Crippen LogP contribution in [-0.4, -0.2) is 6.71 Å². The van der Waals surface area contributed by atoms with E-state index in [1.54, 1.807) is 0 Å². The van der Waals surface area contributed by atoms with Crippen molar-refractivity contribution in [2.24, 2.45) is 0 Å². The van der Waals surface area contributed by atoms with Gasteiger partial charge in [-0.25, -0.2) is 19.0 Å². The van der Waals surface area contributed by atoms with Crippen LogP contribution in [0.2, 0.25) is 19.0 Å². The number of rotatable bonds is 9. The molecule has 13 heavy (non-hydrogen) atoms. The molecule has 0 spiro atoms. The Morgan fingerprint density at radius 3 is 1.15 bits per heavy atom. The van der Waals surface area contributed by atoms with E-state index in [4.69, 9.17) is 0 Å². The van der Waals surface area contributed by atoms with E-state index in [0.717, 1.165) is 6.71 Å². The maximum absolute atomic E-state index is 2.30. The van der Waals surface area contributed by atoms with E-state index in [9.17, 15) is 0 Å². The van der Waals surface area contributed by atoms with Gasteiger partial charge in [0.15, 0.2) is 0 Å². The van der Waals surface area contributed by atoms with Crippen molar-refractivity contribution in [3.63, 3.8) is 0 Å². The Morgan fingerprint density at radius 2 is 0.923 bits per heavy atom. The first-order valence-corrected chi connectivity index (χ1v) is 6.35. The summed E-state index contributed by atoms with van der Waals surface area (Å²) >= 11 is 0. The van der Waals surface area contributed by atoms with Gasteiger partial charge in [0.25, 0.3) is 0 Å². The van der Waals surface area contributed by atoms with Crippen LogP contribution in [0.1, 0.15) is 59.3 Å². The molecule has 0 rings (SSSR count). The molecule has 0 fully saturated rings. The Kier molecular flexibility index (Phi) is 10.2. The van der Waals surface area contributed by atoms with E-state index in [-0.39, 0.29) is 0 Å². The molecule has 1 heteroatoms. The first-order valence-electron chi connectivity index (χ1n) is 6.35. The van der Waals surface area contributed by atoms with Crippen LogP contribution in [0.5, 0.6) is 0 Å². The number of unbranched alkanes of at least 4 members (excludes halogenated alkanes) is 3. The summed E-state index contributed by atoms with van der Waals surface area (Å²) in [6, 6.07) is 0. The van der Waals surface area contributed by atoms with Crippen LogP contribution in [0.25, 0.3) is 0 Å². The van der Waals surface area contributed by atoms with Crippen molar-refractivity contribution >= 4 is 6.71 Å². The second-order valence-electron chi connectivity index (χ2n) is 4.29. The highest BCUT2D eigenvalue weighted by Gasteiger charge is 1.96. The van der Waals surface area contributed by atoms with E-state index in [0.29, 0.717) is 0 Å². The topological polar surface area (TPSA) is 0 Å². The molecule has 0 aromatic carbocycles. The number of hydrogen-bond acceptors (Lipinski definition) is 0. The molecule has 0 bridgehead atoms. The van der Waals surface area contributed by atoms with E-state index in [1.807, 2.05) is 0 Å². The molecule has 0 unspecified atom stereocenters. The maximum Gasteiger partial charge on any atom is -0.0593 e. The van der Waals surface area contributed by atoms with Gasteiger partial charge in [-0.3, -0.25) is 0 Å². The fourth-order valence-corrected chi connectivity index (χ4v) is 1.91. The van der Waals surface area contributed by atoms with E-state index in [1.165, 1.54) is 57.5 Å². The average Bonchev–Trinajstić information content (AvgIpc) is 2.17. The summed E-state index contributed by atoms with van der Waals surface area (Å²) in [4.78, 5) is 0. The molecule has 0 aliphatic rings. The van der Waals surface area contributed by atoms with Crippen LogP contribution >= 0.6 is 0 Å². The minimum Gasteiger partial charge on any atom is -0.208 e. The summed E-state index contributed by atoms with van der Waals surface area (Å²) in [7, 11) is 0. The molecule has 0 nitrogen and oxygen atoms in total. The molecule has 0 amide bonds. The molecule has 0 atom stereocenters. The Morgan fingerprint density at radius 1 is 0.615 bits per heavy atom. The molecular weight excluding hydrogens is 155 g/mol. The van der Waals surface area contributed by atoms with Gasteiger partial charge in [-0.05, 0) is 0 Å². The fraction of sp³-hybridized carbons (Fsp3) is 1.00. The van der Waals surface area contributed by atoms with Gasteiger partial charge in [0.1, 0.15) is 0 Å². The van der Waals surface area contributed by atoms with Crippen LogP contribution in [0, 0.1) is 0 Å². The molecule has 1 radical (unpaired) electrons. The highest BCUT2D eigenvalue weighted by Crippen LogP contribution is 2.16. The minimum atomic E-state index is 1.04. The number of hydrogen-bond donors (Lipinski definition) is 0. The van der Waals surface area contributed by atoms with Crippen LogP contribution < -0.4 is 0 Å². The zero-order valence-corrected chi connectivity index (χ0v) is 9.94. The van der Waals surface area contributed by atoms with Gasteiger partial charge in [-0.15, -0.1) is 6.71 Å². The molecule has 0 aromatic rings. The molecule has 0 aliphatic heterocycles. The molecule has 0 saturated heterocycles. The molecule has 0 heterocycles. The zero-order valence-electron chi connectivity index (χ0n) is 9.94. The minimum absolute atomic E-state index is 1.04. The Hall–Kier alpha value is 0.0649. The van der Waals surface area contributed by atoms with Gasteiger partial charge in [0.05, 0.1) is 0 Å². The highest BCUT2D eigenvalue weighted by atomic mass is 13.9. The van der Waals surface area contributed by atoms with Crippen molar-refractivity contribution in [2.75, 3.05) is 0 Å². The standard InChI is InChI=1S/C12H27B/c1-4-7-10-13(11-8-5-2)12-9-6-3/h4-12H2,1-3H3/q-1. The normalized spacial score (nSPS) is 11.1. The van der Waals surface area contributed by atoms with E-state index < -0.39 is 0 Å². The highest BCUT2D eigenvalue weighted by molar-refractivity contribution is 6.58. The lowest BCUT2D eigenvalue weighted by Crippen LogP contribution is -2.11. The van der Waals surface area contributed by atoms with Crippen molar-refractivity contribution in [1.29, 1.82) is 0 Å². The molecule has 79 valence electrons. The summed E-state index contributed by atoms with van der Waals surface area (Å²) in [5, 5.41) is 0.